The molecule has 1 aliphatic carbocycles. The summed E-state index contributed by atoms with van der Waals surface area (Å²) < 4.78 is 43.3. The molecule has 0 unspecified atom stereocenters. The number of hydrogen-bond acceptors (Lipinski definition) is 3. The quantitative estimate of drug-likeness (QED) is 0.349. The maximum Gasteiger partial charge on any atom is 0.416 e. The zero-order chi connectivity index (χ0) is 17.8. The molecule has 0 heterocycles. The van der Waals surface area contributed by atoms with Crippen LogP contribution in [0, 0.1) is 5.92 Å². The van der Waals surface area contributed by atoms with Gasteiger partial charge in [0.1, 0.15) is 5.76 Å². The Bertz CT molecular complexity index is 587. The van der Waals surface area contributed by atoms with Gasteiger partial charge in [-0.3, -0.25) is 0 Å². The lowest BCUT2D eigenvalue weighted by Gasteiger charge is -2.21. The van der Waals surface area contributed by atoms with E-state index in [1.54, 1.807) is 0 Å². The van der Waals surface area contributed by atoms with E-state index in [1.807, 2.05) is 13.8 Å². The van der Waals surface area contributed by atoms with Gasteiger partial charge < -0.3 is 9.84 Å². The van der Waals surface area contributed by atoms with Gasteiger partial charge in [0.25, 0.3) is 0 Å². The van der Waals surface area contributed by atoms with Crippen molar-refractivity contribution in [2.24, 2.45) is 5.92 Å². The van der Waals surface area contributed by atoms with Crippen LogP contribution in [0.25, 0.3) is 0 Å². The van der Waals surface area contributed by atoms with Crippen LogP contribution >= 0.6 is 0 Å². The fourth-order valence-corrected chi connectivity index (χ4v) is 2.33. The standard InChI is InChI=1S/C17H21F3O3/c1-10(2)14(9-15(11(3)21)16(22)23-4)12-6-5-7-13(8-12)17(18,19)20/h7-10,21H,5-6H2,1-4H3/b14-9+,15-11+. The first kappa shape index (κ1) is 19.1. The molecule has 23 heavy (non-hydrogen) atoms. The minimum absolute atomic E-state index is 0.0554. The lowest BCUT2D eigenvalue weighted by atomic mass is 9.86. The number of esters is 1. The van der Waals surface area contributed by atoms with Crippen molar-refractivity contribution in [2.45, 2.75) is 39.8 Å². The molecule has 0 aromatic heterocycles. The SMILES string of the molecule is COC(=O)C(/C=C(/C1=CC(C(F)(F)F)=CCC1)C(C)C)=C(\C)O. The number of aliphatic hydroxyl groups excluding tert-OH is 1. The fourth-order valence-electron chi connectivity index (χ4n) is 2.33. The van der Waals surface area contributed by atoms with Crippen molar-refractivity contribution < 1.29 is 27.8 Å². The molecule has 0 atom stereocenters. The average Bonchev–Trinajstić information content (AvgIpc) is 2.45. The molecular weight excluding hydrogens is 309 g/mol. The van der Waals surface area contributed by atoms with Crippen LogP contribution in [0.3, 0.4) is 0 Å². The molecule has 0 amide bonds. The smallest absolute Gasteiger partial charge is 0.416 e. The number of carbonyl (C=O) groups excluding carboxylic acids is 1. The summed E-state index contributed by atoms with van der Waals surface area (Å²) in [7, 11) is 1.18. The Balaban J connectivity index is 3.35. The predicted molar refractivity (Wildman–Crippen MR) is 81.7 cm³/mol. The Hall–Kier alpha value is -1.98. The fraction of sp³-hybridized carbons (Fsp3) is 0.471. The van der Waals surface area contributed by atoms with Gasteiger partial charge in [0.05, 0.1) is 18.3 Å². The topological polar surface area (TPSA) is 46.5 Å². The summed E-state index contributed by atoms with van der Waals surface area (Å²) in [5.41, 5.74) is 0.348. The maximum absolute atomic E-state index is 12.9. The second-order valence-corrected chi connectivity index (χ2v) is 5.61. The summed E-state index contributed by atoms with van der Waals surface area (Å²) in [4.78, 5) is 11.7. The number of rotatable bonds is 4. The second kappa shape index (κ2) is 7.53. The molecule has 0 spiro atoms. The van der Waals surface area contributed by atoms with Gasteiger partial charge in [-0.1, -0.05) is 19.9 Å². The van der Waals surface area contributed by atoms with Crippen molar-refractivity contribution in [2.75, 3.05) is 7.11 Å². The average molecular weight is 330 g/mol. The van der Waals surface area contributed by atoms with Gasteiger partial charge in [0.15, 0.2) is 0 Å². The summed E-state index contributed by atoms with van der Waals surface area (Å²) >= 11 is 0. The third-order valence-corrected chi connectivity index (χ3v) is 3.52. The molecule has 128 valence electrons. The lowest BCUT2D eigenvalue weighted by Crippen LogP contribution is -2.14. The van der Waals surface area contributed by atoms with Crippen LogP contribution in [-0.2, 0) is 9.53 Å². The van der Waals surface area contributed by atoms with Crippen LogP contribution in [0.5, 0.6) is 0 Å². The van der Waals surface area contributed by atoms with Crippen LogP contribution in [0.4, 0.5) is 13.2 Å². The van der Waals surface area contributed by atoms with E-state index in [0.29, 0.717) is 17.6 Å². The van der Waals surface area contributed by atoms with Crippen molar-refractivity contribution in [3.63, 3.8) is 0 Å². The third-order valence-electron chi connectivity index (χ3n) is 3.52. The van der Waals surface area contributed by atoms with Crippen molar-refractivity contribution in [3.8, 4) is 0 Å². The zero-order valence-corrected chi connectivity index (χ0v) is 13.6. The summed E-state index contributed by atoms with van der Waals surface area (Å²) in [5.74, 6) is -1.09. The number of alkyl halides is 3. The molecule has 0 radical (unpaired) electrons. The summed E-state index contributed by atoms with van der Waals surface area (Å²) in [6.45, 7) is 4.97. The normalized spacial score (nSPS) is 17.5. The van der Waals surface area contributed by atoms with Gasteiger partial charge in [-0.05, 0) is 49.0 Å². The molecule has 0 saturated heterocycles. The summed E-state index contributed by atoms with van der Waals surface area (Å²) in [5, 5.41) is 9.65. The van der Waals surface area contributed by atoms with Crippen molar-refractivity contribution >= 4 is 5.97 Å². The summed E-state index contributed by atoms with van der Waals surface area (Å²) in [6.07, 6.45) is 0.00797. The summed E-state index contributed by atoms with van der Waals surface area (Å²) in [6, 6.07) is 0. The van der Waals surface area contributed by atoms with Crippen LogP contribution in [-0.4, -0.2) is 24.4 Å². The molecule has 0 aromatic carbocycles. The Morgan fingerprint density at radius 2 is 2.00 bits per heavy atom. The van der Waals surface area contributed by atoms with Gasteiger partial charge in [0, 0.05) is 0 Å². The highest BCUT2D eigenvalue weighted by Gasteiger charge is 2.33. The maximum atomic E-state index is 12.9. The van der Waals surface area contributed by atoms with Gasteiger partial charge in [-0.15, -0.1) is 0 Å². The largest absolute Gasteiger partial charge is 0.512 e. The molecule has 1 aliphatic rings. The highest BCUT2D eigenvalue weighted by Crippen LogP contribution is 2.36. The highest BCUT2D eigenvalue weighted by atomic mass is 19.4. The monoisotopic (exact) mass is 330 g/mol. The molecular formula is C17H21F3O3. The predicted octanol–water partition coefficient (Wildman–Crippen LogP) is 4.78. The van der Waals surface area contributed by atoms with Gasteiger partial charge in [-0.25, -0.2) is 4.79 Å². The van der Waals surface area contributed by atoms with Gasteiger partial charge >= 0.3 is 12.1 Å². The van der Waals surface area contributed by atoms with E-state index in [4.69, 9.17) is 0 Å². The van der Waals surface area contributed by atoms with Crippen LogP contribution in [0.15, 0.2) is 46.3 Å². The lowest BCUT2D eigenvalue weighted by molar-refractivity contribution is -0.135. The Morgan fingerprint density at radius 1 is 1.39 bits per heavy atom. The number of aliphatic hydroxyl groups is 1. The molecule has 0 bridgehead atoms. The Labute approximate surface area is 133 Å². The van der Waals surface area contributed by atoms with E-state index in [1.165, 1.54) is 20.1 Å². The molecule has 0 aliphatic heterocycles. The number of allylic oxidation sites excluding steroid dienone is 6. The van der Waals surface area contributed by atoms with Crippen molar-refractivity contribution in [3.05, 3.63) is 46.3 Å². The van der Waals surface area contributed by atoms with Gasteiger partial charge in [0.2, 0.25) is 0 Å². The molecule has 1 rings (SSSR count). The van der Waals surface area contributed by atoms with E-state index in [-0.39, 0.29) is 23.7 Å². The van der Waals surface area contributed by atoms with Gasteiger partial charge in [-0.2, -0.15) is 13.2 Å². The molecule has 3 nitrogen and oxygen atoms in total. The number of halogens is 3. The van der Waals surface area contributed by atoms with Crippen LogP contribution in [0.2, 0.25) is 0 Å². The minimum atomic E-state index is -4.40. The molecule has 0 fully saturated rings. The molecule has 1 N–H and O–H groups in total. The van der Waals surface area contributed by atoms with Crippen molar-refractivity contribution in [1.29, 1.82) is 0 Å². The number of carbonyl (C=O) groups is 1. The first-order valence-corrected chi connectivity index (χ1v) is 7.26. The Kier molecular flexibility index (Phi) is 6.24. The first-order valence-electron chi connectivity index (χ1n) is 7.26. The van der Waals surface area contributed by atoms with E-state index in [0.717, 1.165) is 12.2 Å². The number of methoxy groups -OCH3 is 1. The number of hydrogen-bond donors (Lipinski definition) is 1. The van der Waals surface area contributed by atoms with E-state index in [2.05, 4.69) is 4.74 Å². The van der Waals surface area contributed by atoms with E-state index < -0.39 is 17.7 Å². The van der Waals surface area contributed by atoms with E-state index in [9.17, 15) is 23.1 Å². The first-order chi connectivity index (χ1) is 10.6. The van der Waals surface area contributed by atoms with Crippen molar-refractivity contribution in [1.82, 2.24) is 0 Å². The highest BCUT2D eigenvalue weighted by molar-refractivity contribution is 5.92. The van der Waals surface area contributed by atoms with E-state index >= 15 is 0 Å². The molecule has 0 saturated carbocycles. The minimum Gasteiger partial charge on any atom is -0.512 e. The number of ether oxygens (including phenoxy) is 1. The molecule has 0 aromatic rings. The molecule has 6 heteroatoms. The second-order valence-electron chi connectivity index (χ2n) is 5.61. The Morgan fingerprint density at radius 3 is 2.43 bits per heavy atom. The zero-order valence-electron chi connectivity index (χ0n) is 13.6. The van der Waals surface area contributed by atoms with Crippen LogP contribution in [0.1, 0.15) is 33.6 Å². The van der Waals surface area contributed by atoms with Crippen LogP contribution < -0.4 is 0 Å². The third kappa shape index (κ3) is 5.01.